The molecule has 2 N–H and O–H groups in total. The molecule has 2 aromatic rings. The molecule has 0 fully saturated rings. The van der Waals surface area contributed by atoms with Crippen LogP contribution in [0.5, 0.6) is 0 Å². The van der Waals surface area contributed by atoms with Gasteiger partial charge in [-0.3, -0.25) is 0 Å². The van der Waals surface area contributed by atoms with E-state index in [0.29, 0.717) is 5.82 Å². The molecular formula is C22H29N5O. The highest BCUT2D eigenvalue weighted by molar-refractivity contribution is 5.95. The lowest BCUT2D eigenvalue weighted by Crippen LogP contribution is -2.04. The molecule has 0 aromatic carbocycles. The fourth-order valence-corrected chi connectivity index (χ4v) is 3.08. The number of nitrogens with zero attached hydrogens (tertiary/aromatic N) is 4. The van der Waals surface area contributed by atoms with Gasteiger partial charge in [-0.25, -0.2) is 14.6 Å². The molecule has 2 aromatic heterocycles. The first kappa shape index (κ1) is 19.9. The van der Waals surface area contributed by atoms with Crippen LogP contribution in [0.15, 0.2) is 48.0 Å². The molecule has 1 aliphatic carbocycles. The largest absolute Gasteiger partial charge is 0.494 e. The van der Waals surface area contributed by atoms with Gasteiger partial charge in [0.2, 0.25) is 0 Å². The summed E-state index contributed by atoms with van der Waals surface area (Å²) in [6.07, 6.45) is 15.0. The molecular weight excluding hydrogens is 350 g/mol. The van der Waals surface area contributed by atoms with Crippen LogP contribution in [0.25, 0.3) is 16.6 Å². The third-order valence-electron chi connectivity index (χ3n) is 4.66. The minimum absolute atomic E-state index is 0.186. The molecule has 2 heterocycles. The summed E-state index contributed by atoms with van der Waals surface area (Å²) < 4.78 is 7.71. The number of ether oxygens (including phenoxy) is 1. The predicted octanol–water partition coefficient (Wildman–Crippen LogP) is 4.98. The van der Waals surface area contributed by atoms with Crippen molar-refractivity contribution in [3.63, 3.8) is 0 Å². The highest BCUT2D eigenvalue weighted by Crippen LogP contribution is 2.29. The van der Waals surface area contributed by atoms with E-state index in [9.17, 15) is 0 Å². The van der Waals surface area contributed by atoms with E-state index in [1.165, 1.54) is 11.9 Å². The van der Waals surface area contributed by atoms with E-state index in [4.69, 9.17) is 15.6 Å². The summed E-state index contributed by atoms with van der Waals surface area (Å²) >= 11 is 0. The quantitative estimate of drug-likeness (QED) is 0.686. The van der Waals surface area contributed by atoms with Crippen molar-refractivity contribution >= 4 is 22.4 Å². The van der Waals surface area contributed by atoms with Gasteiger partial charge < -0.3 is 10.5 Å². The zero-order valence-electron chi connectivity index (χ0n) is 17.1. The Morgan fingerprint density at radius 1 is 1.36 bits per heavy atom. The van der Waals surface area contributed by atoms with E-state index in [1.54, 1.807) is 0 Å². The molecule has 0 atom stereocenters. The lowest BCUT2D eigenvalue weighted by Gasteiger charge is -2.11. The Labute approximate surface area is 166 Å². The number of rotatable bonds is 7. The van der Waals surface area contributed by atoms with Gasteiger partial charge in [0.1, 0.15) is 23.6 Å². The Morgan fingerprint density at radius 3 is 2.93 bits per heavy atom. The first-order valence-corrected chi connectivity index (χ1v) is 9.88. The molecule has 0 saturated carbocycles. The van der Waals surface area contributed by atoms with E-state index in [1.807, 2.05) is 17.7 Å². The molecule has 3 rings (SSSR count). The predicted molar refractivity (Wildman–Crippen MR) is 115 cm³/mol. The molecule has 0 saturated heterocycles. The molecule has 6 heteroatoms. The van der Waals surface area contributed by atoms with Gasteiger partial charge in [-0.1, -0.05) is 31.6 Å². The molecule has 1 aliphatic rings. The van der Waals surface area contributed by atoms with Crippen molar-refractivity contribution < 1.29 is 4.74 Å². The second kappa shape index (κ2) is 8.87. The second-order valence-corrected chi connectivity index (χ2v) is 7.29. The van der Waals surface area contributed by atoms with Crippen LogP contribution >= 0.6 is 0 Å². The number of unbranched alkanes of at least 4 members (excludes halogenated alkanes) is 1. The molecule has 0 bridgehead atoms. The summed E-state index contributed by atoms with van der Waals surface area (Å²) in [4.78, 5) is 8.55. The lowest BCUT2D eigenvalue weighted by molar-refractivity contribution is 0.218. The van der Waals surface area contributed by atoms with Gasteiger partial charge in [0.05, 0.1) is 12.0 Å². The van der Waals surface area contributed by atoms with Gasteiger partial charge in [-0.05, 0) is 56.9 Å². The van der Waals surface area contributed by atoms with Crippen molar-refractivity contribution in [1.82, 2.24) is 19.7 Å². The first-order chi connectivity index (χ1) is 13.5. The third kappa shape index (κ3) is 4.32. The third-order valence-corrected chi connectivity index (χ3v) is 4.66. The SMILES string of the molecule is CCCCOC1=CC(=CC=C(C)c2nn(C(C)C)c3ncnc(N)c23)CC=C1. The monoisotopic (exact) mass is 379 g/mol. The number of nitrogens with two attached hydrogens (primary N) is 1. The Hall–Kier alpha value is -2.89. The Bertz CT molecular complexity index is 963. The van der Waals surface area contributed by atoms with Gasteiger partial charge in [0, 0.05) is 6.04 Å². The summed E-state index contributed by atoms with van der Waals surface area (Å²) in [5.41, 5.74) is 9.96. The molecule has 0 radical (unpaired) electrons. The molecule has 0 aliphatic heterocycles. The maximum atomic E-state index is 6.14. The minimum Gasteiger partial charge on any atom is -0.494 e. The van der Waals surface area contributed by atoms with E-state index < -0.39 is 0 Å². The van der Waals surface area contributed by atoms with Crippen molar-refractivity contribution in [1.29, 1.82) is 0 Å². The van der Waals surface area contributed by atoms with Crippen molar-refractivity contribution in [2.45, 2.75) is 53.0 Å². The molecule has 0 amide bonds. The zero-order chi connectivity index (χ0) is 20.1. The Morgan fingerprint density at radius 2 is 2.18 bits per heavy atom. The van der Waals surface area contributed by atoms with Crippen molar-refractivity contribution in [3.05, 3.63) is 53.7 Å². The van der Waals surface area contributed by atoms with Crippen LogP contribution in [0.2, 0.25) is 0 Å². The van der Waals surface area contributed by atoms with Crippen LogP contribution in [0.4, 0.5) is 5.82 Å². The van der Waals surface area contributed by atoms with E-state index in [0.717, 1.165) is 53.9 Å². The van der Waals surface area contributed by atoms with E-state index >= 15 is 0 Å². The van der Waals surface area contributed by atoms with Crippen LogP contribution in [-0.2, 0) is 4.74 Å². The standard InChI is InChI=1S/C22H29N5O/c1-5-6-12-28-18-9-7-8-17(13-18)11-10-16(4)20-19-21(23)24-14-25-22(19)27(26-20)15(2)3/h7,9-11,13-15H,5-6,8,12H2,1-4H3,(H2,23,24,25). The molecule has 0 unspecified atom stereocenters. The molecule has 28 heavy (non-hydrogen) atoms. The Balaban J connectivity index is 1.90. The maximum absolute atomic E-state index is 6.14. The number of nitrogen functional groups attached to an aromatic ring is 1. The topological polar surface area (TPSA) is 78.8 Å². The molecule has 0 spiro atoms. The van der Waals surface area contributed by atoms with Gasteiger partial charge >= 0.3 is 0 Å². The average Bonchev–Trinajstić information content (AvgIpc) is 3.08. The first-order valence-electron chi connectivity index (χ1n) is 9.88. The number of aromatic nitrogens is 4. The minimum atomic E-state index is 0.186. The number of anilines is 1. The fraction of sp³-hybridized carbons (Fsp3) is 0.409. The highest BCUT2D eigenvalue weighted by atomic mass is 16.5. The summed E-state index contributed by atoms with van der Waals surface area (Å²) in [5, 5.41) is 5.57. The lowest BCUT2D eigenvalue weighted by atomic mass is 10.0. The van der Waals surface area contributed by atoms with Gasteiger partial charge in [-0.15, -0.1) is 0 Å². The number of fused-ring (bicyclic) bond motifs is 1. The smallest absolute Gasteiger partial charge is 0.164 e. The van der Waals surface area contributed by atoms with Gasteiger partial charge in [0.15, 0.2) is 5.65 Å². The van der Waals surface area contributed by atoms with Gasteiger partial charge in [0.25, 0.3) is 0 Å². The van der Waals surface area contributed by atoms with E-state index in [2.05, 4.69) is 55.0 Å². The number of hydrogen-bond acceptors (Lipinski definition) is 5. The summed E-state index contributed by atoms with van der Waals surface area (Å²) in [6.45, 7) is 9.11. The Kier molecular flexibility index (Phi) is 6.29. The zero-order valence-corrected chi connectivity index (χ0v) is 17.1. The average molecular weight is 380 g/mol. The molecule has 6 nitrogen and oxygen atoms in total. The second-order valence-electron chi connectivity index (χ2n) is 7.29. The van der Waals surface area contributed by atoms with Crippen LogP contribution in [-0.4, -0.2) is 26.4 Å². The van der Waals surface area contributed by atoms with Crippen molar-refractivity contribution in [3.8, 4) is 0 Å². The van der Waals surface area contributed by atoms with Crippen LogP contribution in [0, 0.1) is 0 Å². The normalized spacial score (nSPS) is 16.2. The summed E-state index contributed by atoms with van der Waals surface area (Å²) in [6, 6.07) is 0.186. The van der Waals surface area contributed by atoms with Crippen LogP contribution < -0.4 is 5.73 Å². The van der Waals surface area contributed by atoms with Crippen LogP contribution in [0.1, 0.15) is 58.7 Å². The number of hydrogen-bond donors (Lipinski definition) is 1. The number of allylic oxidation sites excluding steroid dienone is 7. The van der Waals surface area contributed by atoms with Crippen molar-refractivity contribution in [2.75, 3.05) is 12.3 Å². The summed E-state index contributed by atoms with van der Waals surface area (Å²) in [5.74, 6) is 1.38. The maximum Gasteiger partial charge on any atom is 0.164 e. The van der Waals surface area contributed by atoms with Crippen molar-refractivity contribution in [2.24, 2.45) is 0 Å². The van der Waals surface area contributed by atoms with E-state index in [-0.39, 0.29) is 6.04 Å². The van der Waals surface area contributed by atoms with Gasteiger partial charge in [-0.2, -0.15) is 5.10 Å². The summed E-state index contributed by atoms with van der Waals surface area (Å²) in [7, 11) is 0. The molecule has 148 valence electrons. The highest BCUT2D eigenvalue weighted by Gasteiger charge is 2.17. The van der Waals surface area contributed by atoms with Crippen LogP contribution in [0.3, 0.4) is 0 Å². The fourth-order valence-electron chi connectivity index (χ4n) is 3.08.